The number of hydrogen-bond donors (Lipinski definition) is 2. The Morgan fingerprint density at radius 2 is 2.05 bits per heavy atom. The van der Waals surface area contributed by atoms with Gasteiger partial charge < -0.3 is 11.1 Å². The maximum atomic E-state index is 11.3. The molecule has 0 saturated carbocycles. The van der Waals surface area contributed by atoms with Gasteiger partial charge in [0, 0.05) is 30.7 Å². The summed E-state index contributed by atoms with van der Waals surface area (Å²) in [6, 6.07) is 4.26. The molecular formula is C13H17N3O4. The molecule has 0 aliphatic carbocycles. The zero-order valence-electron chi connectivity index (χ0n) is 11.2. The lowest BCUT2D eigenvalue weighted by Crippen LogP contribution is -2.17. The number of primary amides is 1. The summed E-state index contributed by atoms with van der Waals surface area (Å²) in [7, 11) is 1.55. The molecule has 0 aliphatic heterocycles. The minimum Gasteiger partial charge on any atom is -0.366 e. The summed E-state index contributed by atoms with van der Waals surface area (Å²) in [6.45, 7) is 0. The van der Waals surface area contributed by atoms with Gasteiger partial charge in [0.1, 0.15) is 0 Å². The van der Waals surface area contributed by atoms with Crippen LogP contribution in [0.5, 0.6) is 0 Å². The van der Waals surface area contributed by atoms with Crippen molar-refractivity contribution in [2.75, 3.05) is 7.05 Å². The van der Waals surface area contributed by atoms with E-state index in [1.165, 1.54) is 18.2 Å². The van der Waals surface area contributed by atoms with Gasteiger partial charge in [-0.2, -0.15) is 0 Å². The lowest BCUT2D eigenvalue weighted by atomic mass is 9.99. The second-order valence-corrected chi connectivity index (χ2v) is 4.30. The van der Waals surface area contributed by atoms with E-state index in [0.717, 1.165) is 0 Å². The van der Waals surface area contributed by atoms with Crippen molar-refractivity contribution in [1.82, 2.24) is 5.32 Å². The van der Waals surface area contributed by atoms with Crippen LogP contribution in [-0.2, 0) is 11.2 Å². The van der Waals surface area contributed by atoms with E-state index in [9.17, 15) is 19.7 Å². The number of carbonyl (C=O) groups excluding carboxylic acids is 2. The number of rotatable bonds is 7. The highest BCUT2D eigenvalue weighted by Crippen LogP contribution is 2.24. The SMILES string of the molecule is CNC(=O)CCCCc1c(C(N)=O)cccc1[N+](=O)[O-]. The zero-order valence-corrected chi connectivity index (χ0v) is 11.2. The van der Waals surface area contributed by atoms with E-state index in [0.29, 0.717) is 31.2 Å². The van der Waals surface area contributed by atoms with Gasteiger partial charge in [-0.25, -0.2) is 0 Å². The summed E-state index contributed by atoms with van der Waals surface area (Å²) in [5, 5.41) is 13.5. The number of nitrogens with two attached hydrogens (primary N) is 1. The van der Waals surface area contributed by atoms with E-state index in [-0.39, 0.29) is 17.2 Å². The van der Waals surface area contributed by atoms with Crippen molar-refractivity contribution in [2.45, 2.75) is 25.7 Å². The van der Waals surface area contributed by atoms with Crippen LogP contribution in [0.4, 0.5) is 5.69 Å². The van der Waals surface area contributed by atoms with E-state index in [4.69, 9.17) is 5.73 Å². The van der Waals surface area contributed by atoms with Crippen LogP contribution < -0.4 is 11.1 Å². The third kappa shape index (κ3) is 4.04. The molecule has 1 aromatic carbocycles. The van der Waals surface area contributed by atoms with Crippen LogP contribution in [-0.4, -0.2) is 23.8 Å². The molecule has 108 valence electrons. The average Bonchev–Trinajstić information content (AvgIpc) is 2.42. The van der Waals surface area contributed by atoms with Crippen molar-refractivity contribution in [2.24, 2.45) is 5.73 Å². The molecule has 2 amide bonds. The third-order valence-electron chi connectivity index (χ3n) is 2.97. The van der Waals surface area contributed by atoms with Crippen molar-refractivity contribution < 1.29 is 14.5 Å². The normalized spacial score (nSPS) is 10.1. The molecule has 0 aromatic heterocycles. The second kappa shape index (κ2) is 7.22. The molecule has 3 N–H and O–H groups in total. The molecule has 0 heterocycles. The van der Waals surface area contributed by atoms with Gasteiger partial charge in [0.25, 0.3) is 5.69 Å². The maximum Gasteiger partial charge on any atom is 0.273 e. The topological polar surface area (TPSA) is 115 Å². The van der Waals surface area contributed by atoms with Gasteiger partial charge in [-0.1, -0.05) is 6.07 Å². The summed E-state index contributed by atoms with van der Waals surface area (Å²) < 4.78 is 0. The highest BCUT2D eigenvalue weighted by Gasteiger charge is 2.19. The van der Waals surface area contributed by atoms with Crippen molar-refractivity contribution in [1.29, 1.82) is 0 Å². The molecule has 0 atom stereocenters. The quantitative estimate of drug-likeness (QED) is 0.442. The fourth-order valence-electron chi connectivity index (χ4n) is 1.95. The number of amides is 2. The van der Waals surface area contributed by atoms with E-state index in [2.05, 4.69) is 5.32 Å². The second-order valence-electron chi connectivity index (χ2n) is 4.30. The summed E-state index contributed by atoms with van der Waals surface area (Å²) in [5.74, 6) is -0.766. The van der Waals surface area contributed by atoms with Crippen molar-refractivity contribution in [3.05, 3.63) is 39.4 Å². The molecule has 7 nitrogen and oxygen atoms in total. The number of unbranched alkanes of at least 4 members (excludes halogenated alkanes) is 1. The summed E-state index contributed by atoms with van der Waals surface area (Å²) in [6.07, 6.45) is 1.85. The van der Waals surface area contributed by atoms with E-state index in [1.54, 1.807) is 7.05 Å². The van der Waals surface area contributed by atoms with Crippen molar-refractivity contribution in [3.63, 3.8) is 0 Å². The Hall–Kier alpha value is -2.44. The molecule has 0 aliphatic rings. The summed E-state index contributed by atoms with van der Waals surface area (Å²) in [5.41, 5.74) is 5.62. The summed E-state index contributed by atoms with van der Waals surface area (Å²) in [4.78, 5) is 32.8. The van der Waals surface area contributed by atoms with Crippen molar-refractivity contribution >= 4 is 17.5 Å². The molecule has 1 aromatic rings. The number of nitro groups is 1. The third-order valence-corrected chi connectivity index (χ3v) is 2.97. The standard InChI is InChI=1S/C13H17N3O4/c1-15-12(17)8-3-2-5-9-10(13(14)18)6-4-7-11(9)16(19)20/h4,6-7H,2-3,5,8H2,1H3,(H2,14,18)(H,15,17). The highest BCUT2D eigenvalue weighted by molar-refractivity contribution is 5.95. The zero-order chi connectivity index (χ0) is 15.1. The van der Waals surface area contributed by atoms with Gasteiger partial charge in [-0.05, 0) is 25.3 Å². The lowest BCUT2D eigenvalue weighted by Gasteiger charge is -2.07. The lowest BCUT2D eigenvalue weighted by molar-refractivity contribution is -0.385. The Morgan fingerprint density at radius 1 is 1.35 bits per heavy atom. The highest BCUT2D eigenvalue weighted by atomic mass is 16.6. The van der Waals surface area contributed by atoms with Gasteiger partial charge in [0.05, 0.1) is 4.92 Å². The van der Waals surface area contributed by atoms with E-state index >= 15 is 0 Å². The predicted molar refractivity (Wildman–Crippen MR) is 73.2 cm³/mol. The molecule has 7 heteroatoms. The molecule has 20 heavy (non-hydrogen) atoms. The first-order valence-corrected chi connectivity index (χ1v) is 6.24. The molecule has 0 fully saturated rings. The Labute approximate surface area is 116 Å². The minimum atomic E-state index is -0.685. The Morgan fingerprint density at radius 3 is 2.60 bits per heavy atom. The molecule has 0 unspecified atom stereocenters. The van der Waals surface area contributed by atoms with Crippen LogP contribution in [0.2, 0.25) is 0 Å². The summed E-state index contributed by atoms with van der Waals surface area (Å²) >= 11 is 0. The predicted octanol–water partition coefficient (Wildman–Crippen LogP) is 1.15. The van der Waals surface area contributed by atoms with Crippen molar-refractivity contribution in [3.8, 4) is 0 Å². The smallest absolute Gasteiger partial charge is 0.273 e. The molecule has 0 bridgehead atoms. The van der Waals surface area contributed by atoms with Gasteiger partial charge >= 0.3 is 0 Å². The number of nitrogens with zero attached hydrogens (tertiary/aromatic N) is 1. The maximum absolute atomic E-state index is 11.3. The molecule has 0 radical (unpaired) electrons. The molecule has 1 rings (SSSR count). The van der Waals surface area contributed by atoms with Crippen LogP contribution in [0.25, 0.3) is 0 Å². The minimum absolute atomic E-state index is 0.0808. The Balaban J connectivity index is 2.83. The monoisotopic (exact) mass is 279 g/mol. The van der Waals surface area contributed by atoms with Crippen LogP contribution in [0.15, 0.2) is 18.2 Å². The Bertz CT molecular complexity index is 496. The molecule has 0 spiro atoms. The fourth-order valence-corrected chi connectivity index (χ4v) is 1.95. The first-order chi connectivity index (χ1) is 9.47. The number of benzene rings is 1. The first kappa shape index (κ1) is 15.6. The molecular weight excluding hydrogens is 262 g/mol. The number of nitrogens with one attached hydrogen (secondary N) is 1. The largest absolute Gasteiger partial charge is 0.366 e. The van der Waals surface area contributed by atoms with Crippen LogP contribution in [0, 0.1) is 10.1 Å². The first-order valence-electron chi connectivity index (χ1n) is 6.24. The van der Waals surface area contributed by atoms with Gasteiger partial charge in [0.15, 0.2) is 0 Å². The van der Waals surface area contributed by atoms with Gasteiger partial charge in [-0.15, -0.1) is 0 Å². The Kier molecular flexibility index (Phi) is 5.64. The fraction of sp³-hybridized carbons (Fsp3) is 0.385. The number of carbonyl (C=O) groups is 2. The van der Waals surface area contributed by atoms with E-state index < -0.39 is 10.8 Å². The number of hydrogen-bond acceptors (Lipinski definition) is 4. The molecule has 0 saturated heterocycles. The van der Waals surface area contributed by atoms with Crippen LogP contribution in [0.1, 0.15) is 35.2 Å². The van der Waals surface area contributed by atoms with Crippen LogP contribution in [0.3, 0.4) is 0 Å². The number of nitro benzene ring substituents is 1. The van der Waals surface area contributed by atoms with Gasteiger partial charge in [-0.3, -0.25) is 19.7 Å². The van der Waals surface area contributed by atoms with Gasteiger partial charge in [0.2, 0.25) is 11.8 Å². The average molecular weight is 279 g/mol. The van der Waals surface area contributed by atoms with E-state index in [1.807, 2.05) is 0 Å². The van der Waals surface area contributed by atoms with Crippen LogP contribution >= 0.6 is 0 Å².